The van der Waals surface area contributed by atoms with Gasteiger partial charge in [-0.1, -0.05) is 64.2 Å². The van der Waals surface area contributed by atoms with Crippen LogP contribution in [0.5, 0.6) is 0 Å². The summed E-state index contributed by atoms with van der Waals surface area (Å²) in [5.74, 6) is 23.0. The summed E-state index contributed by atoms with van der Waals surface area (Å²) in [6.45, 7) is 3.16. The first-order valence-corrected chi connectivity index (χ1v) is 11.0. The van der Waals surface area contributed by atoms with Crippen molar-refractivity contribution in [2.24, 2.45) is 0 Å². The summed E-state index contributed by atoms with van der Waals surface area (Å²) in [6.07, 6.45) is 9.77. The summed E-state index contributed by atoms with van der Waals surface area (Å²) in [6, 6.07) is 0. The number of esters is 2. The minimum atomic E-state index is -0.909. The van der Waals surface area contributed by atoms with E-state index in [1.54, 1.807) is 6.92 Å². The summed E-state index contributed by atoms with van der Waals surface area (Å²) in [5, 5.41) is 9.31. The molecule has 1 N–H and O–H groups in total. The van der Waals surface area contributed by atoms with Crippen LogP contribution < -0.4 is 0 Å². The molecule has 0 bridgehead atoms. The van der Waals surface area contributed by atoms with E-state index < -0.39 is 24.6 Å². The van der Waals surface area contributed by atoms with Crippen LogP contribution in [0.4, 0.5) is 0 Å². The SMILES string of the molecule is CC#CC#CC#CC#CC#CC(=O)OC[C@H](CO)OC(=O)CCCCCCCCCCC. The maximum absolute atomic E-state index is 11.9. The van der Waals surface area contributed by atoms with Crippen LogP contribution >= 0.6 is 0 Å². The molecule has 0 heterocycles. The Bertz CT molecular complexity index is 860. The Morgan fingerprint density at radius 2 is 1.31 bits per heavy atom. The smallest absolute Gasteiger partial charge is 0.385 e. The van der Waals surface area contributed by atoms with Crippen molar-refractivity contribution in [3.63, 3.8) is 0 Å². The molecule has 32 heavy (non-hydrogen) atoms. The fourth-order valence-corrected chi connectivity index (χ4v) is 2.49. The topological polar surface area (TPSA) is 72.8 Å². The van der Waals surface area contributed by atoms with Crippen LogP contribution in [0.2, 0.25) is 0 Å². The first-order valence-electron chi connectivity index (χ1n) is 11.0. The highest BCUT2D eigenvalue weighted by molar-refractivity contribution is 5.89. The van der Waals surface area contributed by atoms with Crippen molar-refractivity contribution < 1.29 is 24.2 Å². The first kappa shape index (κ1) is 28.7. The van der Waals surface area contributed by atoms with Crippen molar-refractivity contribution in [3.8, 4) is 59.2 Å². The van der Waals surface area contributed by atoms with E-state index in [0.29, 0.717) is 0 Å². The average molecular weight is 437 g/mol. The van der Waals surface area contributed by atoms with Gasteiger partial charge in [0.1, 0.15) is 6.61 Å². The molecule has 0 radical (unpaired) electrons. The zero-order valence-electron chi connectivity index (χ0n) is 19.1. The lowest BCUT2D eigenvalue weighted by Gasteiger charge is -2.14. The molecule has 0 saturated heterocycles. The number of hydrogen-bond donors (Lipinski definition) is 1. The van der Waals surface area contributed by atoms with Crippen molar-refractivity contribution in [3.05, 3.63) is 0 Å². The van der Waals surface area contributed by atoms with Crippen LogP contribution in [-0.2, 0) is 19.1 Å². The van der Waals surface area contributed by atoms with Crippen LogP contribution in [0.3, 0.4) is 0 Å². The Morgan fingerprint density at radius 1 is 0.781 bits per heavy atom. The van der Waals surface area contributed by atoms with Crippen LogP contribution in [0, 0.1) is 59.2 Å². The molecule has 0 aliphatic rings. The van der Waals surface area contributed by atoms with Gasteiger partial charge in [0.15, 0.2) is 6.10 Å². The maximum Gasteiger partial charge on any atom is 0.385 e. The van der Waals surface area contributed by atoms with Crippen molar-refractivity contribution >= 4 is 11.9 Å². The molecule has 0 unspecified atom stereocenters. The highest BCUT2D eigenvalue weighted by atomic mass is 16.6. The van der Waals surface area contributed by atoms with E-state index in [4.69, 9.17) is 9.47 Å². The zero-order valence-corrected chi connectivity index (χ0v) is 19.1. The van der Waals surface area contributed by atoms with Crippen LogP contribution in [0.25, 0.3) is 0 Å². The molecule has 5 nitrogen and oxygen atoms in total. The third-order valence-corrected chi connectivity index (χ3v) is 4.11. The molecule has 0 saturated carbocycles. The zero-order chi connectivity index (χ0) is 23.7. The standard InChI is InChI=1S/C27H32O5/c1-3-5-7-9-11-13-15-17-19-21-26(29)31-24-25(23-28)32-27(30)22-20-18-16-14-12-10-8-6-4-2/h25,28H,4,6,8,10,12,14,16,18,20,22-24H2,1-2H3/t25-/m0/s1. The fourth-order valence-electron chi connectivity index (χ4n) is 2.49. The Morgan fingerprint density at radius 3 is 1.88 bits per heavy atom. The normalized spacial score (nSPS) is 9.47. The van der Waals surface area contributed by atoms with Gasteiger partial charge in [-0.25, -0.2) is 4.79 Å². The average Bonchev–Trinajstić information content (AvgIpc) is 2.79. The molecule has 0 aliphatic carbocycles. The first-order chi connectivity index (χ1) is 15.6. The van der Waals surface area contributed by atoms with Crippen molar-refractivity contribution in [2.45, 2.75) is 84.2 Å². The Labute approximate surface area is 193 Å². The molecule has 170 valence electrons. The Kier molecular flexibility index (Phi) is 20.1. The number of unbranched alkanes of at least 4 members (excludes halogenated alkanes) is 8. The van der Waals surface area contributed by atoms with E-state index in [1.165, 1.54) is 38.5 Å². The molecule has 0 spiro atoms. The van der Waals surface area contributed by atoms with Gasteiger partial charge in [0.25, 0.3) is 0 Å². The van der Waals surface area contributed by atoms with Gasteiger partial charge in [-0.15, -0.1) is 0 Å². The summed E-state index contributed by atoms with van der Waals surface area (Å²) >= 11 is 0. The molecule has 0 aromatic carbocycles. The molecule has 0 fully saturated rings. The molecular weight excluding hydrogens is 404 g/mol. The predicted octanol–water partition coefficient (Wildman–Crippen LogP) is 3.39. The Hall–Kier alpha value is -3.30. The van der Waals surface area contributed by atoms with Gasteiger partial charge < -0.3 is 14.6 Å². The van der Waals surface area contributed by atoms with Crippen LogP contribution in [-0.4, -0.2) is 36.4 Å². The maximum atomic E-state index is 11.9. The highest BCUT2D eigenvalue weighted by Crippen LogP contribution is 2.11. The van der Waals surface area contributed by atoms with Crippen LogP contribution in [0.1, 0.15) is 78.1 Å². The quantitative estimate of drug-likeness (QED) is 0.196. The molecule has 0 aliphatic heterocycles. The van der Waals surface area contributed by atoms with Gasteiger partial charge in [-0.2, -0.15) is 0 Å². The molecule has 0 aromatic heterocycles. The largest absolute Gasteiger partial charge is 0.456 e. The number of aliphatic hydroxyl groups is 1. The van der Waals surface area contributed by atoms with Gasteiger partial charge in [-0.3, -0.25) is 4.79 Å². The third-order valence-electron chi connectivity index (χ3n) is 4.11. The molecule has 0 amide bonds. The van der Waals surface area contributed by atoms with E-state index >= 15 is 0 Å². The molecule has 1 atom stereocenters. The number of ether oxygens (including phenoxy) is 2. The van der Waals surface area contributed by atoms with Crippen LogP contribution in [0.15, 0.2) is 0 Å². The van der Waals surface area contributed by atoms with Gasteiger partial charge in [0.2, 0.25) is 0 Å². The third kappa shape index (κ3) is 20.0. The summed E-state index contributed by atoms with van der Waals surface area (Å²) < 4.78 is 10.0. The monoisotopic (exact) mass is 436 g/mol. The summed E-state index contributed by atoms with van der Waals surface area (Å²) in [5.41, 5.74) is 0. The molecule has 5 heteroatoms. The highest BCUT2D eigenvalue weighted by Gasteiger charge is 2.15. The molecular formula is C27H32O5. The summed E-state index contributed by atoms with van der Waals surface area (Å²) in [4.78, 5) is 23.4. The van der Waals surface area contributed by atoms with E-state index in [9.17, 15) is 14.7 Å². The second-order valence-electron chi connectivity index (χ2n) is 6.85. The number of aliphatic hydroxyl groups excluding tert-OH is 1. The van der Waals surface area contributed by atoms with Crippen molar-refractivity contribution in [1.82, 2.24) is 0 Å². The van der Waals surface area contributed by atoms with E-state index in [2.05, 4.69) is 66.1 Å². The number of carbonyl (C=O) groups is 2. The number of hydrogen-bond acceptors (Lipinski definition) is 5. The Balaban J connectivity index is 4.03. The van der Waals surface area contributed by atoms with Gasteiger partial charge in [0.05, 0.1) is 6.61 Å². The van der Waals surface area contributed by atoms with Crippen molar-refractivity contribution in [1.29, 1.82) is 0 Å². The van der Waals surface area contributed by atoms with Gasteiger partial charge in [-0.05, 0) is 60.7 Å². The molecule has 0 aromatic rings. The van der Waals surface area contributed by atoms with Gasteiger partial charge >= 0.3 is 11.9 Å². The van der Waals surface area contributed by atoms with Crippen molar-refractivity contribution in [2.75, 3.05) is 13.2 Å². The summed E-state index contributed by atoms with van der Waals surface area (Å²) in [7, 11) is 0. The minimum Gasteiger partial charge on any atom is -0.456 e. The van der Waals surface area contributed by atoms with E-state index in [1.807, 2.05) is 0 Å². The number of rotatable bonds is 14. The lowest BCUT2D eigenvalue weighted by molar-refractivity contribution is -0.159. The second kappa shape index (κ2) is 22.4. The lowest BCUT2D eigenvalue weighted by Crippen LogP contribution is -2.28. The predicted molar refractivity (Wildman–Crippen MR) is 124 cm³/mol. The lowest BCUT2D eigenvalue weighted by atomic mass is 10.1. The molecule has 0 rings (SSSR count). The minimum absolute atomic E-state index is 0.269. The van der Waals surface area contributed by atoms with Gasteiger partial charge in [0, 0.05) is 12.3 Å². The van der Waals surface area contributed by atoms with E-state index in [0.717, 1.165) is 19.3 Å². The number of carbonyl (C=O) groups excluding carboxylic acids is 2. The fraction of sp³-hybridized carbons (Fsp3) is 0.556. The van der Waals surface area contributed by atoms with E-state index in [-0.39, 0.29) is 13.0 Å². The second-order valence-corrected chi connectivity index (χ2v) is 6.85.